The predicted octanol–water partition coefficient (Wildman–Crippen LogP) is 3.79. The Morgan fingerprint density at radius 3 is 2.44 bits per heavy atom. The summed E-state index contributed by atoms with van der Waals surface area (Å²) in [5, 5.41) is 12.2. The molecule has 0 aliphatic carbocycles. The molecule has 2 heteroatoms. The first-order valence-electron chi connectivity index (χ1n) is 6.00. The van der Waals surface area contributed by atoms with Crippen LogP contribution >= 0.6 is 0 Å². The van der Waals surface area contributed by atoms with Gasteiger partial charge < -0.3 is 5.32 Å². The average Bonchev–Trinajstić information content (AvgIpc) is 2.41. The summed E-state index contributed by atoms with van der Waals surface area (Å²) in [5.41, 5.74) is 5.62. The SMILES string of the molecule is Cc1cccc(NCc2ccc(C#N)cc2)c1C. The molecule has 0 atom stereocenters. The number of rotatable bonds is 3. The van der Waals surface area contributed by atoms with Crippen LogP contribution in [0.1, 0.15) is 22.3 Å². The summed E-state index contributed by atoms with van der Waals surface area (Å²) >= 11 is 0. The maximum Gasteiger partial charge on any atom is 0.0991 e. The highest BCUT2D eigenvalue weighted by Gasteiger charge is 2.00. The van der Waals surface area contributed by atoms with Gasteiger partial charge in [0.1, 0.15) is 0 Å². The van der Waals surface area contributed by atoms with Crippen molar-refractivity contribution in [2.75, 3.05) is 5.32 Å². The number of aryl methyl sites for hydroxylation is 1. The molecule has 0 aromatic heterocycles. The molecule has 0 aliphatic rings. The topological polar surface area (TPSA) is 35.8 Å². The van der Waals surface area contributed by atoms with Gasteiger partial charge in [-0.2, -0.15) is 5.26 Å². The standard InChI is InChI=1S/C16H16N2/c1-12-4-3-5-16(13(12)2)18-11-15-8-6-14(10-17)7-9-15/h3-9,18H,11H2,1-2H3. The van der Waals surface area contributed by atoms with Crippen molar-refractivity contribution in [3.05, 3.63) is 64.7 Å². The lowest BCUT2D eigenvalue weighted by Crippen LogP contribution is -2.01. The zero-order chi connectivity index (χ0) is 13.0. The fourth-order valence-electron chi connectivity index (χ4n) is 1.84. The summed E-state index contributed by atoms with van der Waals surface area (Å²) in [6.45, 7) is 5.01. The van der Waals surface area contributed by atoms with Crippen LogP contribution in [0.3, 0.4) is 0 Å². The van der Waals surface area contributed by atoms with Gasteiger partial charge in [-0.25, -0.2) is 0 Å². The van der Waals surface area contributed by atoms with Gasteiger partial charge in [0.05, 0.1) is 11.6 Å². The molecule has 1 N–H and O–H groups in total. The average molecular weight is 236 g/mol. The molecule has 0 saturated heterocycles. The highest BCUT2D eigenvalue weighted by atomic mass is 14.9. The fraction of sp³-hybridized carbons (Fsp3) is 0.188. The van der Waals surface area contributed by atoms with Crippen molar-refractivity contribution in [3.8, 4) is 6.07 Å². The second-order valence-electron chi connectivity index (χ2n) is 4.41. The first-order chi connectivity index (χ1) is 8.70. The molecule has 0 amide bonds. The van der Waals surface area contributed by atoms with E-state index in [2.05, 4.69) is 43.4 Å². The number of nitriles is 1. The van der Waals surface area contributed by atoms with E-state index < -0.39 is 0 Å². The molecule has 0 saturated carbocycles. The first-order valence-corrected chi connectivity index (χ1v) is 6.00. The zero-order valence-corrected chi connectivity index (χ0v) is 10.7. The molecule has 0 unspecified atom stereocenters. The largest absolute Gasteiger partial charge is 0.381 e. The summed E-state index contributed by atoms with van der Waals surface area (Å²) in [6.07, 6.45) is 0. The van der Waals surface area contributed by atoms with E-state index in [9.17, 15) is 0 Å². The van der Waals surface area contributed by atoms with Crippen LogP contribution in [0.15, 0.2) is 42.5 Å². The van der Waals surface area contributed by atoms with E-state index in [-0.39, 0.29) is 0 Å². The van der Waals surface area contributed by atoms with Gasteiger partial charge in [-0.1, -0.05) is 24.3 Å². The van der Waals surface area contributed by atoms with E-state index in [1.54, 1.807) is 0 Å². The molecule has 90 valence electrons. The van der Waals surface area contributed by atoms with Crippen molar-refractivity contribution in [1.82, 2.24) is 0 Å². The van der Waals surface area contributed by atoms with Gasteiger partial charge in [-0.05, 0) is 48.7 Å². The highest BCUT2D eigenvalue weighted by Crippen LogP contribution is 2.18. The Balaban J connectivity index is 2.07. The maximum atomic E-state index is 8.74. The quantitative estimate of drug-likeness (QED) is 0.880. The number of anilines is 1. The highest BCUT2D eigenvalue weighted by molar-refractivity contribution is 5.54. The molecular formula is C16H16N2. The van der Waals surface area contributed by atoms with Crippen LogP contribution in [0.5, 0.6) is 0 Å². The van der Waals surface area contributed by atoms with Crippen molar-refractivity contribution < 1.29 is 0 Å². The summed E-state index contributed by atoms with van der Waals surface area (Å²) in [7, 11) is 0. The van der Waals surface area contributed by atoms with E-state index in [0.29, 0.717) is 5.56 Å². The third kappa shape index (κ3) is 2.70. The Labute approximate surface area is 108 Å². The minimum absolute atomic E-state index is 0.700. The van der Waals surface area contributed by atoms with Crippen LogP contribution in [0.4, 0.5) is 5.69 Å². The van der Waals surface area contributed by atoms with Crippen molar-refractivity contribution >= 4 is 5.69 Å². The lowest BCUT2D eigenvalue weighted by molar-refractivity contribution is 1.13. The number of hydrogen-bond donors (Lipinski definition) is 1. The summed E-state index contributed by atoms with van der Waals surface area (Å²) in [6, 6.07) is 16.0. The van der Waals surface area contributed by atoms with Crippen molar-refractivity contribution in [2.45, 2.75) is 20.4 Å². The van der Waals surface area contributed by atoms with Crippen molar-refractivity contribution in [1.29, 1.82) is 5.26 Å². The van der Waals surface area contributed by atoms with Gasteiger partial charge in [0.25, 0.3) is 0 Å². The first kappa shape index (κ1) is 12.2. The molecule has 2 aromatic carbocycles. The number of hydrogen-bond acceptors (Lipinski definition) is 2. The molecular weight excluding hydrogens is 220 g/mol. The fourth-order valence-corrected chi connectivity index (χ4v) is 1.84. The lowest BCUT2D eigenvalue weighted by atomic mass is 10.1. The van der Waals surface area contributed by atoms with Crippen LogP contribution < -0.4 is 5.32 Å². The Hall–Kier alpha value is -2.27. The Morgan fingerprint density at radius 2 is 1.78 bits per heavy atom. The number of nitrogens with zero attached hydrogens (tertiary/aromatic N) is 1. The van der Waals surface area contributed by atoms with Crippen LogP contribution in [-0.2, 0) is 6.54 Å². The smallest absolute Gasteiger partial charge is 0.0991 e. The van der Waals surface area contributed by atoms with Gasteiger partial charge >= 0.3 is 0 Å². The van der Waals surface area contributed by atoms with E-state index in [0.717, 1.165) is 6.54 Å². The van der Waals surface area contributed by atoms with Crippen LogP contribution in [0.25, 0.3) is 0 Å². The molecule has 2 nitrogen and oxygen atoms in total. The van der Waals surface area contributed by atoms with Crippen molar-refractivity contribution in [2.24, 2.45) is 0 Å². The molecule has 0 spiro atoms. The number of nitrogens with one attached hydrogen (secondary N) is 1. The molecule has 2 aromatic rings. The molecule has 0 fully saturated rings. The monoisotopic (exact) mass is 236 g/mol. The van der Waals surface area contributed by atoms with Gasteiger partial charge in [0, 0.05) is 12.2 Å². The second kappa shape index (κ2) is 5.37. The second-order valence-corrected chi connectivity index (χ2v) is 4.41. The van der Waals surface area contributed by atoms with Gasteiger partial charge in [0.15, 0.2) is 0 Å². The van der Waals surface area contributed by atoms with Crippen LogP contribution in [-0.4, -0.2) is 0 Å². The third-order valence-corrected chi connectivity index (χ3v) is 3.17. The molecule has 2 rings (SSSR count). The number of benzene rings is 2. The van der Waals surface area contributed by atoms with E-state index >= 15 is 0 Å². The Morgan fingerprint density at radius 1 is 1.06 bits per heavy atom. The normalized spacial score (nSPS) is 9.83. The van der Waals surface area contributed by atoms with Gasteiger partial charge in [-0.15, -0.1) is 0 Å². The minimum Gasteiger partial charge on any atom is -0.381 e. The van der Waals surface area contributed by atoms with E-state index in [4.69, 9.17) is 5.26 Å². The van der Waals surface area contributed by atoms with Crippen molar-refractivity contribution in [3.63, 3.8) is 0 Å². The lowest BCUT2D eigenvalue weighted by Gasteiger charge is -2.11. The summed E-state index contributed by atoms with van der Waals surface area (Å²) in [4.78, 5) is 0. The zero-order valence-electron chi connectivity index (χ0n) is 10.7. The molecule has 0 bridgehead atoms. The van der Waals surface area contributed by atoms with Gasteiger partial charge in [-0.3, -0.25) is 0 Å². The van der Waals surface area contributed by atoms with Crippen LogP contribution in [0.2, 0.25) is 0 Å². The predicted molar refractivity (Wildman–Crippen MR) is 74.4 cm³/mol. The maximum absolute atomic E-state index is 8.74. The molecule has 18 heavy (non-hydrogen) atoms. The Kier molecular flexibility index (Phi) is 3.64. The molecule has 0 heterocycles. The van der Waals surface area contributed by atoms with Gasteiger partial charge in [0.2, 0.25) is 0 Å². The summed E-state index contributed by atoms with van der Waals surface area (Å²) in [5.74, 6) is 0. The Bertz CT molecular complexity index is 577. The molecule has 0 radical (unpaired) electrons. The van der Waals surface area contributed by atoms with E-state index in [1.165, 1.54) is 22.4 Å². The molecule has 0 aliphatic heterocycles. The van der Waals surface area contributed by atoms with Crippen LogP contribution in [0, 0.1) is 25.2 Å². The van der Waals surface area contributed by atoms with E-state index in [1.807, 2.05) is 24.3 Å². The summed E-state index contributed by atoms with van der Waals surface area (Å²) < 4.78 is 0. The third-order valence-electron chi connectivity index (χ3n) is 3.17. The minimum atomic E-state index is 0.700.